The molecule has 0 saturated carbocycles. The maximum Gasteiger partial charge on any atom is 0.219 e. The second kappa shape index (κ2) is 7.99. The molecule has 0 bridgehead atoms. The van der Waals surface area contributed by atoms with Crippen LogP contribution in [0.2, 0.25) is 0 Å². The van der Waals surface area contributed by atoms with Gasteiger partial charge in [-0.05, 0) is 31.0 Å². The van der Waals surface area contributed by atoms with Crippen molar-refractivity contribution in [1.29, 1.82) is 0 Å². The SMILES string of the molecule is CC(=O)N1CCN(Cc2ccc(NC(C)C3CCOC3)cc2)CC1. The highest BCUT2D eigenvalue weighted by Crippen LogP contribution is 2.21. The normalized spacial score (nSPS) is 23.2. The van der Waals surface area contributed by atoms with Gasteiger partial charge in [0, 0.05) is 63.9 Å². The summed E-state index contributed by atoms with van der Waals surface area (Å²) < 4.78 is 5.47. The van der Waals surface area contributed by atoms with Gasteiger partial charge in [0.05, 0.1) is 6.61 Å². The fourth-order valence-corrected chi connectivity index (χ4v) is 3.51. The number of nitrogens with one attached hydrogen (secondary N) is 1. The van der Waals surface area contributed by atoms with Crippen LogP contribution in [0.25, 0.3) is 0 Å². The third kappa shape index (κ3) is 4.48. The second-order valence-electron chi connectivity index (χ2n) is 7.04. The highest BCUT2D eigenvalue weighted by molar-refractivity contribution is 5.73. The average molecular weight is 331 g/mol. The van der Waals surface area contributed by atoms with E-state index in [2.05, 4.69) is 41.4 Å². The number of benzene rings is 1. The van der Waals surface area contributed by atoms with Gasteiger partial charge >= 0.3 is 0 Å². The lowest BCUT2D eigenvalue weighted by molar-refractivity contribution is -0.130. The van der Waals surface area contributed by atoms with Crippen molar-refractivity contribution in [2.75, 3.05) is 44.7 Å². The van der Waals surface area contributed by atoms with Crippen molar-refractivity contribution < 1.29 is 9.53 Å². The van der Waals surface area contributed by atoms with Crippen molar-refractivity contribution in [3.8, 4) is 0 Å². The minimum Gasteiger partial charge on any atom is -0.382 e. The average Bonchev–Trinajstić information content (AvgIpc) is 3.12. The maximum absolute atomic E-state index is 11.4. The van der Waals surface area contributed by atoms with E-state index in [4.69, 9.17) is 4.74 Å². The Bertz CT molecular complexity index is 532. The number of carbonyl (C=O) groups is 1. The summed E-state index contributed by atoms with van der Waals surface area (Å²) in [4.78, 5) is 15.7. The fraction of sp³-hybridized carbons (Fsp3) is 0.632. The Balaban J connectivity index is 1.47. The van der Waals surface area contributed by atoms with Crippen LogP contribution >= 0.6 is 0 Å². The Hall–Kier alpha value is -1.59. The molecular formula is C19H29N3O2. The fourth-order valence-electron chi connectivity index (χ4n) is 3.51. The maximum atomic E-state index is 11.4. The van der Waals surface area contributed by atoms with Crippen LogP contribution in [0.3, 0.4) is 0 Å². The molecule has 1 N–H and O–H groups in total. The molecule has 2 aliphatic rings. The van der Waals surface area contributed by atoms with E-state index >= 15 is 0 Å². The molecule has 2 atom stereocenters. The highest BCUT2D eigenvalue weighted by Gasteiger charge is 2.22. The molecule has 1 aromatic rings. The molecule has 5 heteroatoms. The van der Waals surface area contributed by atoms with Crippen molar-refractivity contribution in [2.45, 2.75) is 32.9 Å². The van der Waals surface area contributed by atoms with Gasteiger partial charge in [0.15, 0.2) is 0 Å². The lowest BCUT2D eigenvalue weighted by Crippen LogP contribution is -2.47. The molecule has 0 radical (unpaired) electrons. The molecule has 2 saturated heterocycles. The number of hydrogen-bond donors (Lipinski definition) is 1. The minimum absolute atomic E-state index is 0.187. The van der Waals surface area contributed by atoms with Gasteiger partial charge < -0.3 is 15.0 Å². The van der Waals surface area contributed by atoms with Crippen LogP contribution in [0.5, 0.6) is 0 Å². The number of hydrogen-bond acceptors (Lipinski definition) is 4. The monoisotopic (exact) mass is 331 g/mol. The largest absolute Gasteiger partial charge is 0.382 e. The van der Waals surface area contributed by atoms with E-state index in [0.717, 1.165) is 52.4 Å². The summed E-state index contributed by atoms with van der Waals surface area (Å²) >= 11 is 0. The Morgan fingerprint density at radius 3 is 2.54 bits per heavy atom. The van der Waals surface area contributed by atoms with E-state index < -0.39 is 0 Å². The second-order valence-corrected chi connectivity index (χ2v) is 7.04. The standard InChI is InChI=1S/C19H29N3O2/c1-15(18-7-12-24-14-18)20-19-5-3-17(4-6-19)13-21-8-10-22(11-9-21)16(2)23/h3-6,15,18,20H,7-14H2,1-2H3. The van der Waals surface area contributed by atoms with Crippen molar-refractivity contribution in [3.05, 3.63) is 29.8 Å². The number of amides is 1. The number of nitrogens with zero attached hydrogens (tertiary/aromatic N) is 2. The third-order valence-electron chi connectivity index (χ3n) is 5.24. The molecule has 2 aliphatic heterocycles. The van der Waals surface area contributed by atoms with Gasteiger partial charge in [-0.3, -0.25) is 9.69 Å². The van der Waals surface area contributed by atoms with Crippen molar-refractivity contribution >= 4 is 11.6 Å². The number of ether oxygens (including phenoxy) is 1. The molecule has 2 heterocycles. The molecule has 3 rings (SSSR count). The van der Waals surface area contributed by atoms with E-state index in [-0.39, 0.29) is 5.91 Å². The Morgan fingerprint density at radius 1 is 1.25 bits per heavy atom. The van der Waals surface area contributed by atoms with Gasteiger partial charge in [0.2, 0.25) is 5.91 Å². The van der Waals surface area contributed by atoms with Crippen LogP contribution in [-0.4, -0.2) is 61.1 Å². The summed E-state index contributed by atoms with van der Waals surface area (Å²) in [5, 5.41) is 3.60. The first kappa shape index (κ1) is 17.2. The summed E-state index contributed by atoms with van der Waals surface area (Å²) in [5.41, 5.74) is 2.51. The summed E-state index contributed by atoms with van der Waals surface area (Å²) in [6, 6.07) is 9.20. The number of anilines is 1. The van der Waals surface area contributed by atoms with E-state index in [1.54, 1.807) is 6.92 Å². The molecule has 1 aromatic carbocycles. The van der Waals surface area contributed by atoms with Crippen LogP contribution in [0.1, 0.15) is 25.8 Å². The van der Waals surface area contributed by atoms with Gasteiger partial charge in [0.1, 0.15) is 0 Å². The first-order chi connectivity index (χ1) is 11.6. The van der Waals surface area contributed by atoms with Gasteiger partial charge in [-0.15, -0.1) is 0 Å². The number of piperazine rings is 1. The third-order valence-corrected chi connectivity index (χ3v) is 5.24. The molecule has 24 heavy (non-hydrogen) atoms. The zero-order valence-electron chi connectivity index (χ0n) is 14.8. The molecule has 2 unspecified atom stereocenters. The summed E-state index contributed by atoms with van der Waals surface area (Å²) in [7, 11) is 0. The zero-order valence-corrected chi connectivity index (χ0v) is 14.8. The smallest absolute Gasteiger partial charge is 0.219 e. The van der Waals surface area contributed by atoms with Crippen LogP contribution in [0.15, 0.2) is 24.3 Å². The number of rotatable bonds is 5. The molecular weight excluding hydrogens is 302 g/mol. The van der Waals surface area contributed by atoms with E-state index in [0.29, 0.717) is 12.0 Å². The molecule has 132 valence electrons. The predicted octanol–water partition coefficient (Wildman–Crippen LogP) is 2.19. The van der Waals surface area contributed by atoms with E-state index in [9.17, 15) is 4.79 Å². The van der Waals surface area contributed by atoms with Gasteiger partial charge in [-0.1, -0.05) is 12.1 Å². The first-order valence-electron chi connectivity index (χ1n) is 9.03. The van der Waals surface area contributed by atoms with Crippen molar-refractivity contribution in [2.24, 2.45) is 5.92 Å². The van der Waals surface area contributed by atoms with E-state index in [1.807, 2.05) is 4.90 Å². The summed E-state index contributed by atoms with van der Waals surface area (Å²) in [6.07, 6.45) is 1.15. The van der Waals surface area contributed by atoms with Crippen molar-refractivity contribution in [1.82, 2.24) is 9.80 Å². The molecule has 5 nitrogen and oxygen atoms in total. The quantitative estimate of drug-likeness (QED) is 0.898. The topological polar surface area (TPSA) is 44.8 Å². The van der Waals surface area contributed by atoms with Crippen LogP contribution < -0.4 is 5.32 Å². The Morgan fingerprint density at radius 2 is 1.96 bits per heavy atom. The van der Waals surface area contributed by atoms with Gasteiger partial charge in [0.25, 0.3) is 0 Å². The van der Waals surface area contributed by atoms with Crippen LogP contribution in [0, 0.1) is 5.92 Å². The van der Waals surface area contributed by atoms with E-state index in [1.165, 1.54) is 11.3 Å². The Kier molecular flexibility index (Phi) is 5.74. The lowest BCUT2D eigenvalue weighted by Gasteiger charge is -2.34. The molecule has 2 fully saturated rings. The zero-order chi connectivity index (χ0) is 16.9. The molecule has 1 amide bonds. The summed E-state index contributed by atoms with van der Waals surface area (Å²) in [5.74, 6) is 0.800. The van der Waals surface area contributed by atoms with Gasteiger partial charge in [-0.25, -0.2) is 0 Å². The van der Waals surface area contributed by atoms with Crippen molar-refractivity contribution in [3.63, 3.8) is 0 Å². The predicted molar refractivity (Wildman–Crippen MR) is 96.0 cm³/mol. The highest BCUT2D eigenvalue weighted by atomic mass is 16.5. The minimum atomic E-state index is 0.187. The molecule has 0 aromatic heterocycles. The number of carbonyl (C=O) groups excluding carboxylic acids is 1. The Labute approximate surface area is 145 Å². The van der Waals surface area contributed by atoms with Gasteiger partial charge in [-0.2, -0.15) is 0 Å². The molecule has 0 aliphatic carbocycles. The van der Waals surface area contributed by atoms with Crippen LogP contribution in [-0.2, 0) is 16.1 Å². The lowest BCUT2D eigenvalue weighted by atomic mass is 10.0. The molecule has 0 spiro atoms. The summed E-state index contributed by atoms with van der Waals surface area (Å²) in [6.45, 7) is 10.2. The van der Waals surface area contributed by atoms with Crippen LogP contribution in [0.4, 0.5) is 5.69 Å². The first-order valence-corrected chi connectivity index (χ1v) is 9.03.